The highest BCUT2D eigenvalue weighted by Gasteiger charge is 2.14. The number of halogens is 1. The molecule has 0 unspecified atom stereocenters. The number of fused-ring (bicyclic) bond motifs is 2. The molecule has 166 valence electrons. The maximum Gasteiger partial charge on any atom is 0.230 e. The minimum Gasteiger partial charge on any atom is -0.494 e. The lowest BCUT2D eigenvalue weighted by Gasteiger charge is -2.10. The van der Waals surface area contributed by atoms with Crippen LogP contribution in [0.15, 0.2) is 42.7 Å². The fourth-order valence-electron chi connectivity index (χ4n) is 3.60. The van der Waals surface area contributed by atoms with E-state index in [2.05, 4.69) is 15.0 Å². The van der Waals surface area contributed by atoms with Crippen LogP contribution in [0.4, 0.5) is 4.39 Å². The van der Waals surface area contributed by atoms with Crippen molar-refractivity contribution in [2.24, 2.45) is 5.73 Å². The lowest BCUT2D eigenvalue weighted by Crippen LogP contribution is -2.09. The lowest BCUT2D eigenvalue weighted by atomic mass is 10.1. The standard InChI is InChI=1S/C24H25FN4O3/c1-15-12-18-19(29-15)9-10-21(23(18)25)32-24-17-8-7-16(13-20(17)27-14-28-24)31-11-5-3-2-4-6-22(26)30/h7-10,12-14,29H,2-6,11H2,1H3,(H2,26,30). The minimum atomic E-state index is -0.436. The Morgan fingerprint density at radius 2 is 1.91 bits per heavy atom. The third kappa shape index (κ3) is 4.96. The Kier molecular flexibility index (Phi) is 6.49. The first kappa shape index (κ1) is 21.5. The van der Waals surface area contributed by atoms with E-state index in [0.717, 1.165) is 36.9 Å². The fourth-order valence-corrected chi connectivity index (χ4v) is 3.60. The number of ether oxygens (including phenoxy) is 2. The number of nitrogens with one attached hydrogen (secondary N) is 1. The van der Waals surface area contributed by atoms with E-state index in [0.29, 0.717) is 35.1 Å². The quantitative estimate of drug-likeness (QED) is 0.334. The van der Waals surface area contributed by atoms with Crippen LogP contribution in [0.5, 0.6) is 17.4 Å². The van der Waals surface area contributed by atoms with E-state index < -0.39 is 5.82 Å². The number of H-pyrrole nitrogens is 1. The van der Waals surface area contributed by atoms with Crippen LogP contribution in [0, 0.1) is 12.7 Å². The van der Waals surface area contributed by atoms with Gasteiger partial charge in [0.1, 0.15) is 12.1 Å². The number of rotatable bonds is 10. The summed E-state index contributed by atoms with van der Waals surface area (Å²) in [6.45, 7) is 2.44. The first-order valence-electron chi connectivity index (χ1n) is 10.6. The minimum absolute atomic E-state index is 0.105. The summed E-state index contributed by atoms with van der Waals surface area (Å²) in [6.07, 6.45) is 5.42. The monoisotopic (exact) mass is 436 g/mol. The van der Waals surface area contributed by atoms with Crippen molar-refractivity contribution in [2.45, 2.75) is 39.0 Å². The van der Waals surface area contributed by atoms with Crippen molar-refractivity contribution in [3.8, 4) is 17.4 Å². The van der Waals surface area contributed by atoms with Crippen molar-refractivity contribution >= 4 is 27.7 Å². The van der Waals surface area contributed by atoms with E-state index >= 15 is 0 Å². The van der Waals surface area contributed by atoms with Crippen LogP contribution in [0.2, 0.25) is 0 Å². The molecule has 2 aromatic carbocycles. The predicted octanol–water partition coefficient (Wildman–Crippen LogP) is 5.17. The van der Waals surface area contributed by atoms with Gasteiger partial charge in [-0.15, -0.1) is 0 Å². The van der Waals surface area contributed by atoms with Crippen LogP contribution in [0.1, 0.15) is 37.8 Å². The van der Waals surface area contributed by atoms with Crippen molar-refractivity contribution in [1.82, 2.24) is 15.0 Å². The summed E-state index contributed by atoms with van der Waals surface area (Å²) in [5.74, 6) is 0.379. The van der Waals surface area contributed by atoms with E-state index in [1.807, 2.05) is 25.1 Å². The molecule has 2 heterocycles. The zero-order valence-corrected chi connectivity index (χ0v) is 17.9. The molecule has 8 heteroatoms. The summed E-state index contributed by atoms with van der Waals surface area (Å²) in [4.78, 5) is 22.3. The maximum absolute atomic E-state index is 14.9. The molecular weight excluding hydrogens is 411 g/mol. The van der Waals surface area contributed by atoms with Crippen molar-refractivity contribution in [1.29, 1.82) is 0 Å². The number of hydrogen-bond acceptors (Lipinski definition) is 5. The fraction of sp³-hybridized carbons (Fsp3) is 0.292. The average molecular weight is 436 g/mol. The zero-order chi connectivity index (χ0) is 22.5. The van der Waals surface area contributed by atoms with Crippen LogP contribution in [0.3, 0.4) is 0 Å². The summed E-state index contributed by atoms with van der Waals surface area (Å²) in [6, 6.07) is 10.6. The molecule has 0 aliphatic rings. The second kappa shape index (κ2) is 9.64. The van der Waals surface area contributed by atoms with Crippen LogP contribution in [-0.4, -0.2) is 27.5 Å². The second-order valence-corrected chi connectivity index (χ2v) is 7.73. The Labute approximate surface area is 184 Å². The largest absolute Gasteiger partial charge is 0.494 e. The summed E-state index contributed by atoms with van der Waals surface area (Å²) in [5.41, 5.74) is 7.38. The molecule has 0 aliphatic carbocycles. The number of primary amides is 1. The third-order valence-corrected chi connectivity index (χ3v) is 5.20. The predicted molar refractivity (Wildman–Crippen MR) is 120 cm³/mol. The molecule has 4 rings (SSSR count). The van der Waals surface area contributed by atoms with Gasteiger partial charge in [-0.2, -0.15) is 0 Å². The van der Waals surface area contributed by atoms with Crippen LogP contribution < -0.4 is 15.2 Å². The lowest BCUT2D eigenvalue weighted by molar-refractivity contribution is -0.118. The number of amides is 1. The molecule has 0 fully saturated rings. The van der Waals surface area contributed by atoms with Crippen LogP contribution in [-0.2, 0) is 4.79 Å². The van der Waals surface area contributed by atoms with Gasteiger partial charge in [0.25, 0.3) is 0 Å². The number of hydrogen-bond donors (Lipinski definition) is 2. The van der Waals surface area contributed by atoms with Crippen molar-refractivity contribution in [2.75, 3.05) is 6.61 Å². The second-order valence-electron chi connectivity index (χ2n) is 7.73. The number of aryl methyl sites for hydroxylation is 1. The number of nitrogens with zero attached hydrogens (tertiary/aromatic N) is 2. The van der Waals surface area contributed by atoms with Gasteiger partial charge >= 0.3 is 0 Å². The van der Waals surface area contributed by atoms with E-state index in [9.17, 15) is 9.18 Å². The number of unbranched alkanes of at least 4 members (excludes halogenated alkanes) is 3. The number of nitrogens with two attached hydrogens (primary N) is 1. The first-order chi connectivity index (χ1) is 15.5. The Hall–Kier alpha value is -3.68. The first-order valence-corrected chi connectivity index (χ1v) is 10.6. The Balaban J connectivity index is 1.42. The van der Waals surface area contributed by atoms with Gasteiger partial charge in [0.05, 0.1) is 17.5 Å². The zero-order valence-electron chi connectivity index (χ0n) is 17.9. The number of benzene rings is 2. The van der Waals surface area contributed by atoms with Gasteiger partial charge in [-0.25, -0.2) is 14.4 Å². The van der Waals surface area contributed by atoms with E-state index in [1.54, 1.807) is 18.2 Å². The molecule has 2 aromatic heterocycles. The summed E-state index contributed by atoms with van der Waals surface area (Å²) >= 11 is 0. The highest BCUT2D eigenvalue weighted by molar-refractivity contribution is 5.86. The van der Waals surface area contributed by atoms with E-state index in [-0.39, 0.29) is 17.5 Å². The van der Waals surface area contributed by atoms with Crippen molar-refractivity contribution < 1.29 is 18.7 Å². The molecule has 3 N–H and O–H groups in total. The number of aromatic nitrogens is 3. The molecule has 0 saturated heterocycles. The molecular formula is C24H25FN4O3. The Morgan fingerprint density at radius 1 is 1.06 bits per heavy atom. The van der Waals surface area contributed by atoms with E-state index in [4.69, 9.17) is 15.2 Å². The van der Waals surface area contributed by atoms with Gasteiger partial charge in [-0.3, -0.25) is 4.79 Å². The topological polar surface area (TPSA) is 103 Å². The molecule has 0 atom stereocenters. The summed E-state index contributed by atoms with van der Waals surface area (Å²) < 4.78 is 26.5. The molecule has 0 spiro atoms. The Bertz CT molecular complexity index is 1250. The molecule has 0 aliphatic heterocycles. The molecule has 7 nitrogen and oxygen atoms in total. The summed E-state index contributed by atoms with van der Waals surface area (Å²) in [7, 11) is 0. The maximum atomic E-state index is 14.9. The van der Waals surface area contributed by atoms with Gasteiger partial charge in [-0.05, 0) is 50.1 Å². The smallest absolute Gasteiger partial charge is 0.230 e. The Morgan fingerprint density at radius 3 is 2.75 bits per heavy atom. The van der Waals surface area contributed by atoms with Gasteiger partial charge in [0.2, 0.25) is 11.8 Å². The molecule has 4 aromatic rings. The molecule has 0 radical (unpaired) electrons. The average Bonchev–Trinajstić information content (AvgIpc) is 3.16. The third-order valence-electron chi connectivity index (χ3n) is 5.20. The normalized spacial score (nSPS) is 11.2. The van der Waals surface area contributed by atoms with Crippen molar-refractivity contribution in [3.05, 3.63) is 54.2 Å². The van der Waals surface area contributed by atoms with Gasteiger partial charge in [0.15, 0.2) is 11.6 Å². The van der Waals surface area contributed by atoms with Crippen molar-refractivity contribution in [3.63, 3.8) is 0 Å². The molecule has 32 heavy (non-hydrogen) atoms. The number of carbonyl (C=O) groups excluding carboxylic acids is 1. The van der Waals surface area contributed by atoms with Crippen LogP contribution in [0.25, 0.3) is 21.8 Å². The van der Waals surface area contributed by atoms with Gasteiger partial charge in [-0.1, -0.05) is 12.8 Å². The highest BCUT2D eigenvalue weighted by Crippen LogP contribution is 2.33. The molecule has 0 saturated carbocycles. The number of aromatic amines is 1. The number of carbonyl (C=O) groups is 1. The molecule has 1 amide bonds. The highest BCUT2D eigenvalue weighted by atomic mass is 19.1. The molecule has 0 bridgehead atoms. The van der Waals surface area contributed by atoms with Crippen LogP contribution >= 0.6 is 0 Å². The van der Waals surface area contributed by atoms with E-state index in [1.165, 1.54) is 6.33 Å². The van der Waals surface area contributed by atoms with Gasteiger partial charge < -0.3 is 20.2 Å². The summed E-state index contributed by atoms with van der Waals surface area (Å²) in [5, 5.41) is 1.14. The van der Waals surface area contributed by atoms with Gasteiger partial charge in [0, 0.05) is 29.1 Å². The SMILES string of the molecule is Cc1cc2c(F)c(Oc3ncnc4cc(OCCCCCCC(N)=O)ccc34)ccc2[nH]1.